The summed E-state index contributed by atoms with van der Waals surface area (Å²) in [5, 5.41) is 49.0. The number of hydrogen-bond donors (Lipinski definition) is 4. The van der Waals surface area contributed by atoms with Crippen LogP contribution >= 0.6 is 0 Å². The van der Waals surface area contributed by atoms with E-state index < -0.39 is 0 Å². The average Bonchev–Trinajstić information content (AvgIpc) is 3.56. The summed E-state index contributed by atoms with van der Waals surface area (Å²) >= 11 is 0. The van der Waals surface area contributed by atoms with E-state index in [0.717, 1.165) is 97.1 Å². The number of hydrogen-bond acceptors (Lipinski definition) is 10. The third-order valence-electron chi connectivity index (χ3n) is 14.1. The summed E-state index contributed by atoms with van der Waals surface area (Å²) in [6.45, 7) is 3.88. The lowest BCUT2D eigenvalue weighted by molar-refractivity contribution is -0.185. The molecule has 0 saturated carbocycles. The van der Waals surface area contributed by atoms with E-state index in [1.807, 2.05) is 0 Å². The third kappa shape index (κ3) is 5.22. The van der Waals surface area contributed by atoms with Crippen LogP contribution in [0.1, 0.15) is 96.3 Å². The van der Waals surface area contributed by atoms with Crippen LogP contribution in [0.2, 0.25) is 0 Å². The maximum absolute atomic E-state index is 11.9. The average molecular weight is 617 g/mol. The smallest absolute Gasteiger partial charge is 0.0650 e. The molecule has 8 bridgehead atoms. The van der Waals surface area contributed by atoms with Gasteiger partial charge in [-0.25, -0.2) is 10.0 Å². The second-order valence-corrected chi connectivity index (χ2v) is 16.7. The van der Waals surface area contributed by atoms with Crippen LogP contribution in [0.3, 0.4) is 0 Å². The van der Waals surface area contributed by atoms with Gasteiger partial charge in [0.25, 0.3) is 0 Å². The zero-order valence-corrected chi connectivity index (χ0v) is 27.3. The fourth-order valence-electron chi connectivity index (χ4n) is 12.5. The molecule has 11 unspecified atom stereocenters. The highest BCUT2D eigenvalue weighted by Crippen LogP contribution is 2.55. The number of aliphatic hydroxyl groups is 4. The number of aliphatic hydroxyl groups excluding tert-OH is 4. The first-order chi connectivity index (χ1) is 21.2. The van der Waals surface area contributed by atoms with Gasteiger partial charge in [0.05, 0.1) is 37.8 Å². The lowest BCUT2D eigenvalue weighted by atomic mass is 9.68. The van der Waals surface area contributed by atoms with Crippen molar-refractivity contribution in [3.8, 4) is 0 Å². The van der Waals surface area contributed by atoms with Crippen LogP contribution in [0, 0.1) is 5.92 Å². The third-order valence-corrected chi connectivity index (χ3v) is 14.1. The molecule has 44 heavy (non-hydrogen) atoms. The number of fused-ring (bicyclic) bond motifs is 8. The van der Waals surface area contributed by atoms with Gasteiger partial charge < -0.3 is 20.4 Å². The largest absolute Gasteiger partial charge is 0.393 e. The Labute approximate surface area is 264 Å². The second kappa shape index (κ2) is 11.9. The van der Waals surface area contributed by atoms with Crippen molar-refractivity contribution in [3.05, 3.63) is 0 Å². The number of hydrazine groups is 1. The SMILES string of the molecule is CN(CCN1C2CCC1(C1C(O)CC3CCC1N3N(C)CN1C3CCC1CC(O)C3)CC(O)C2)CN1C2CCC1CC(O)C2. The van der Waals surface area contributed by atoms with Gasteiger partial charge in [0.2, 0.25) is 0 Å². The monoisotopic (exact) mass is 616 g/mol. The Balaban J connectivity index is 0.980. The Morgan fingerprint density at radius 1 is 0.636 bits per heavy atom. The predicted octanol–water partition coefficient (Wildman–Crippen LogP) is 1.23. The van der Waals surface area contributed by atoms with Crippen LogP contribution < -0.4 is 0 Å². The molecule has 10 heteroatoms. The summed E-state index contributed by atoms with van der Waals surface area (Å²) in [6.07, 6.45) is 14.6. The molecular formula is C34H60N6O4. The molecule has 0 radical (unpaired) electrons. The molecule has 0 aromatic heterocycles. The normalized spacial score (nSPS) is 49.6. The van der Waals surface area contributed by atoms with Crippen molar-refractivity contribution in [2.75, 3.05) is 40.5 Å². The molecule has 0 aromatic rings. The Morgan fingerprint density at radius 2 is 1.20 bits per heavy atom. The van der Waals surface area contributed by atoms with E-state index in [1.54, 1.807) is 0 Å². The number of piperidine rings is 4. The summed E-state index contributed by atoms with van der Waals surface area (Å²) in [7, 11) is 4.53. The van der Waals surface area contributed by atoms with Crippen molar-refractivity contribution in [3.63, 3.8) is 0 Å². The van der Waals surface area contributed by atoms with Crippen LogP contribution in [-0.2, 0) is 0 Å². The highest BCUT2D eigenvalue weighted by atomic mass is 16.3. The topological polar surface area (TPSA) is 100 Å². The summed E-state index contributed by atoms with van der Waals surface area (Å²) in [5.41, 5.74) is -0.149. The molecule has 0 spiro atoms. The van der Waals surface area contributed by atoms with Gasteiger partial charge in [-0.1, -0.05) is 0 Å². The molecule has 0 aromatic carbocycles. The van der Waals surface area contributed by atoms with Crippen LogP contribution in [0.15, 0.2) is 0 Å². The quantitative estimate of drug-likeness (QED) is 0.303. The molecule has 8 aliphatic heterocycles. The molecule has 8 aliphatic rings. The Morgan fingerprint density at radius 3 is 1.84 bits per heavy atom. The zero-order valence-electron chi connectivity index (χ0n) is 27.3. The number of nitrogens with zero attached hydrogens (tertiary/aromatic N) is 6. The minimum Gasteiger partial charge on any atom is -0.393 e. The fourth-order valence-corrected chi connectivity index (χ4v) is 12.5. The van der Waals surface area contributed by atoms with Gasteiger partial charge in [0, 0.05) is 73.9 Å². The Hall–Kier alpha value is -0.400. The van der Waals surface area contributed by atoms with Crippen molar-refractivity contribution in [2.24, 2.45) is 5.92 Å². The van der Waals surface area contributed by atoms with Crippen molar-refractivity contribution in [1.82, 2.24) is 29.6 Å². The van der Waals surface area contributed by atoms with Gasteiger partial charge in [-0.05, 0) is 103 Å². The predicted molar refractivity (Wildman–Crippen MR) is 168 cm³/mol. The highest BCUT2D eigenvalue weighted by molar-refractivity contribution is 5.16. The summed E-state index contributed by atoms with van der Waals surface area (Å²) < 4.78 is 0. The molecule has 4 N–H and O–H groups in total. The molecule has 0 aliphatic carbocycles. The Kier molecular flexibility index (Phi) is 8.38. The zero-order chi connectivity index (χ0) is 30.3. The second-order valence-electron chi connectivity index (χ2n) is 16.7. The van der Waals surface area contributed by atoms with E-state index in [1.165, 1.54) is 25.7 Å². The van der Waals surface area contributed by atoms with E-state index in [4.69, 9.17) is 0 Å². The fraction of sp³-hybridized carbons (Fsp3) is 1.00. The number of rotatable bonds is 9. The van der Waals surface area contributed by atoms with E-state index in [-0.39, 0.29) is 35.9 Å². The first kappa shape index (κ1) is 30.9. The van der Waals surface area contributed by atoms with Crippen molar-refractivity contribution in [2.45, 2.75) is 169 Å². The van der Waals surface area contributed by atoms with E-state index in [2.05, 4.69) is 43.7 Å². The standard InChI is InChI=1S/C34H60N6O4/c1-35(20-37-22-3-4-23(37)14-28(41)13-22)11-12-39-26-9-10-34(39,19-30(43)17-26)33-31-8-7-27(18-32(33)44)40(31)36(2)21-38-24-5-6-25(38)16-29(42)15-24/h22-33,41-44H,3-21H2,1-2H3. The summed E-state index contributed by atoms with van der Waals surface area (Å²) in [6, 6.07) is 3.15. The van der Waals surface area contributed by atoms with E-state index in [0.29, 0.717) is 42.3 Å². The maximum atomic E-state index is 11.9. The molecule has 0 amide bonds. The van der Waals surface area contributed by atoms with Gasteiger partial charge in [0.1, 0.15) is 0 Å². The first-order valence-electron chi connectivity index (χ1n) is 18.4. The maximum Gasteiger partial charge on any atom is 0.0650 e. The minimum absolute atomic E-state index is 0.122. The van der Waals surface area contributed by atoms with Crippen LogP contribution in [0.4, 0.5) is 0 Å². The van der Waals surface area contributed by atoms with Crippen LogP contribution in [0.25, 0.3) is 0 Å². The van der Waals surface area contributed by atoms with Gasteiger partial charge in [0.15, 0.2) is 0 Å². The van der Waals surface area contributed by atoms with Crippen LogP contribution in [0.5, 0.6) is 0 Å². The minimum atomic E-state index is -0.321. The molecule has 10 nitrogen and oxygen atoms in total. The van der Waals surface area contributed by atoms with Gasteiger partial charge >= 0.3 is 0 Å². The van der Waals surface area contributed by atoms with Gasteiger partial charge in [-0.2, -0.15) is 0 Å². The van der Waals surface area contributed by atoms with Crippen molar-refractivity contribution in [1.29, 1.82) is 0 Å². The molecule has 11 atom stereocenters. The highest BCUT2D eigenvalue weighted by Gasteiger charge is 2.63. The summed E-state index contributed by atoms with van der Waals surface area (Å²) in [4.78, 5) is 10.6. The molecule has 250 valence electrons. The lowest BCUT2D eigenvalue weighted by Gasteiger charge is -2.58. The van der Waals surface area contributed by atoms with Gasteiger partial charge in [-0.15, -0.1) is 0 Å². The number of likely N-dealkylation sites (N-methyl/N-ethyl adjacent to an activating group) is 1. The molecule has 8 heterocycles. The van der Waals surface area contributed by atoms with Gasteiger partial charge in [-0.3, -0.25) is 19.6 Å². The molecule has 8 saturated heterocycles. The lowest BCUT2D eigenvalue weighted by Crippen LogP contribution is -2.69. The van der Waals surface area contributed by atoms with Crippen molar-refractivity contribution >= 4 is 0 Å². The van der Waals surface area contributed by atoms with Crippen LogP contribution in [-0.4, -0.2) is 163 Å². The Bertz CT molecular complexity index is 1010. The molecule has 8 fully saturated rings. The van der Waals surface area contributed by atoms with E-state index in [9.17, 15) is 20.4 Å². The molecular weight excluding hydrogens is 556 g/mol. The van der Waals surface area contributed by atoms with E-state index >= 15 is 0 Å². The van der Waals surface area contributed by atoms with Crippen molar-refractivity contribution < 1.29 is 20.4 Å². The first-order valence-corrected chi connectivity index (χ1v) is 18.4. The summed E-state index contributed by atoms with van der Waals surface area (Å²) in [5.74, 6) is 0.147. The molecule has 8 rings (SSSR count).